The van der Waals surface area contributed by atoms with E-state index in [2.05, 4.69) is 6.92 Å². The Bertz CT molecular complexity index is 723. The molecule has 1 aliphatic rings. The van der Waals surface area contributed by atoms with Gasteiger partial charge in [-0.2, -0.15) is 13.2 Å². The Balaban J connectivity index is 2.46. The van der Waals surface area contributed by atoms with E-state index >= 15 is 0 Å². The molecule has 1 atom stereocenters. The average Bonchev–Trinajstić information content (AvgIpc) is 2.52. The van der Waals surface area contributed by atoms with E-state index in [-0.39, 0.29) is 16.7 Å². The van der Waals surface area contributed by atoms with Crippen molar-refractivity contribution >= 4 is 23.6 Å². The molecule has 0 spiro atoms. The molecule has 1 unspecified atom stereocenters. The highest BCUT2D eigenvalue weighted by Crippen LogP contribution is 2.43. The molecule has 3 nitrogen and oxygen atoms in total. The molecule has 1 N–H and O–H groups in total. The summed E-state index contributed by atoms with van der Waals surface area (Å²) >= 11 is 6.36. The molecule has 1 aliphatic heterocycles. The maximum Gasteiger partial charge on any atom is 0.430 e. The predicted molar refractivity (Wildman–Crippen MR) is 94.7 cm³/mol. The van der Waals surface area contributed by atoms with Crippen LogP contribution in [0.2, 0.25) is 5.02 Å². The molecule has 144 valence electrons. The molecular weight excluding hydrogens is 369 g/mol. The van der Waals surface area contributed by atoms with E-state index in [0.29, 0.717) is 10.6 Å². The van der Waals surface area contributed by atoms with E-state index in [4.69, 9.17) is 21.4 Å². The van der Waals surface area contributed by atoms with Crippen LogP contribution in [0.25, 0.3) is 6.08 Å². The van der Waals surface area contributed by atoms with Gasteiger partial charge in [-0.25, -0.2) is 4.79 Å². The summed E-state index contributed by atoms with van der Waals surface area (Å²) in [5.74, 6) is -1.67. The number of carboxylic acids is 1. The standard InChI is InChI=1S/C19H22ClF3O3/c1-4-5-6-7-18(2,3)13-10-15-11(9-14(13)20)8-12(17(24)25)16(26-15)19(21,22)23/h8-10,16H,4-7H2,1-3H3,(H,24,25). The fourth-order valence-corrected chi connectivity index (χ4v) is 3.53. The third-order valence-electron chi connectivity index (χ3n) is 4.62. The van der Waals surface area contributed by atoms with E-state index in [1.807, 2.05) is 13.8 Å². The van der Waals surface area contributed by atoms with Crippen LogP contribution in [-0.4, -0.2) is 23.4 Å². The fourth-order valence-electron chi connectivity index (χ4n) is 3.10. The lowest BCUT2D eigenvalue weighted by atomic mass is 9.79. The molecule has 7 heteroatoms. The molecule has 0 saturated heterocycles. The lowest BCUT2D eigenvalue weighted by molar-refractivity contribution is -0.187. The van der Waals surface area contributed by atoms with Gasteiger partial charge in [0, 0.05) is 10.6 Å². The van der Waals surface area contributed by atoms with Gasteiger partial charge >= 0.3 is 12.1 Å². The summed E-state index contributed by atoms with van der Waals surface area (Å²) in [7, 11) is 0. The van der Waals surface area contributed by atoms with Crippen LogP contribution in [0.15, 0.2) is 17.7 Å². The van der Waals surface area contributed by atoms with Crippen LogP contribution in [0.4, 0.5) is 13.2 Å². The second-order valence-corrected chi connectivity index (χ2v) is 7.56. The molecule has 0 amide bonds. The van der Waals surface area contributed by atoms with Gasteiger partial charge in [-0.3, -0.25) is 0 Å². The van der Waals surface area contributed by atoms with E-state index in [9.17, 15) is 18.0 Å². The van der Waals surface area contributed by atoms with E-state index in [0.717, 1.165) is 31.8 Å². The van der Waals surface area contributed by atoms with Gasteiger partial charge in [0.2, 0.25) is 6.10 Å². The maximum absolute atomic E-state index is 13.2. The Labute approximate surface area is 155 Å². The van der Waals surface area contributed by atoms with Crippen LogP contribution in [0.3, 0.4) is 0 Å². The SMILES string of the molecule is CCCCCC(C)(C)c1cc2c(cc1Cl)C=C(C(=O)O)C(C(F)(F)F)O2. The Morgan fingerprint density at radius 1 is 1.27 bits per heavy atom. The number of benzene rings is 1. The van der Waals surface area contributed by atoms with Crippen LogP contribution in [0.5, 0.6) is 5.75 Å². The molecule has 1 aromatic rings. The van der Waals surface area contributed by atoms with Crippen molar-refractivity contribution in [2.75, 3.05) is 0 Å². The topological polar surface area (TPSA) is 46.5 Å². The number of carbonyl (C=O) groups is 1. The minimum atomic E-state index is -4.82. The van der Waals surface area contributed by atoms with E-state index in [1.165, 1.54) is 12.1 Å². The van der Waals surface area contributed by atoms with Gasteiger partial charge in [-0.05, 0) is 35.6 Å². The molecule has 26 heavy (non-hydrogen) atoms. The monoisotopic (exact) mass is 390 g/mol. The Hall–Kier alpha value is -1.69. The van der Waals surface area contributed by atoms with Gasteiger partial charge in [-0.1, -0.05) is 51.6 Å². The van der Waals surface area contributed by atoms with Crippen molar-refractivity contribution in [1.29, 1.82) is 0 Å². The second-order valence-electron chi connectivity index (χ2n) is 7.16. The highest BCUT2D eigenvalue weighted by Gasteiger charge is 2.48. The molecular formula is C19H22ClF3O3. The third kappa shape index (κ3) is 4.34. The maximum atomic E-state index is 13.2. The van der Waals surface area contributed by atoms with Gasteiger partial charge in [0.05, 0.1) is 5.57 Å². The van der Waals surface area contributed by atoms with E-state index in [1.54, 1.807) is 0 Å². The number of alkyl halides is 3. The van der Waals surface area contributed by atoms with Crippen LogP contribution >= 0.6 is 11.6 Å². The predicted octanol–water partition coefficient (Wildman–Crippen LogP) is 5.99. The highest BCUT2D eigenvalue weighted by atomic mass is 35.5. The zero-order chi connectivity index (χ0) is 19.7. The largest absolute Gasteiger partial charge is 0.478 e. The quantitative estimate of drug-likeness (QED) is 0.607. The molecule has 2 rings (SSSR count). The van der Waals surface area contributed by atoms with Crippen molar-refractivity contribution < 1.29 is 27.8 Å². The lowest BCUT2D eigenvalue weighted by Crippen LogP contribution is -2.40. The first kappa shape index (κ1) is 20.6. The minimum Gasteiger partial charge on any atom is -0.478 e. The first-order valence-corrected chi connectivity index (χ1v) is 8.87. The first-order valence-electron chi connectivity index (χ1n) is 8.49. The summed E-state index contributed by atoms with van der Waals surface area (Å²) in [6, 6.07) is 2.99. The van der Waals surface area contributed by atoms with Gasteiger partial charge in [0.25, 0.3) is 0 Å². The normalized spacial score (nSPS) is 17.3. The number of fused-ring (bicyclic) bond motifs is 1. The van der Waals surface area contributed by atoms with Crippen molar-refractivity contribution in [3.8, 4) is 5.75 Å². The van der Waals surface area contributed by atoms with Crippen molar-refractivity contribution in [3.63, 3.8) is 0 Å². The molecule has 1 aromatic carbocycles. The zero-order valence-electron chi connectivity index (χ0n) is 14.9. The van der Waals surface area contributed by atoms with Crippen molar-refractivity contribution in [2.45, 2.75) is 64.1 Å². The average molecular weight is 391 g/mol. The summed E-state index contributed by atoms with van der Waals surface area (Å²) in [4.78, 5) is 11.2. The van der Waals surface area contributed by atoms with Gasteiger partial charge in [-0.15, -0.1) is 0 Å². The minimum absolute atomic E-state index is 0.000270. The third-order valence-corrected chi connectivity index (χ3v) is 4.93. The van der Waals surface area contributed by atoms with Crippen LogP contribution < -0.4 is 4.74 Å². The summed E-state index contributed by atoms with van der Waals surface area (Å²) in [5, 5.41) is 9.48. The summed E-state index contributed by atoms with van der Waals surface area (Å²) in [6.45, 7) is 6.06. The van der Waals surface area contributed by atoms with Gasteiger partial charge in [0.1, 0.15) is 5.75 Å². The van der Waals surface area contributed by atoms with Crippen molar-refractivity contribution in [2.24, 2.45) is 0 Å². The Morgan fingerprint density at radius 2 is 1.92 bits per heavy atom. The summed E-state index contributed by atoms with van der Waals surface area (Å²) < 4.78 is 44.7. The number of hydrogen-bond acceptors (Lipinski definition) is 2. The number of aliphatic carboxylic acids is 1. The second kappa shape index (κ2) is 7.51. The molecule has 0 aromatic heterocycles. The zero-order valence-corrected chi connectivity index (χ0v) is 15.7. The highest BCUT2D eigenvalue weighted by molar-refractivity contribution is 6.31. The number of ether oxygens (including phenoxy) is 1. The Kier molecular flexibility index (Phi) is 5.95. The van der Waals surface area contributed by atoms with Gasteiger partial charge in [0.15, 0.2) is 0 Å². The fraction of sp³-hybridized carbons (Fsp3) is 0.526. The molecule has 0 saturated carbocycles. The van der Waals surface area contributed by atoms with Crippen LogP contribution in [-0.2, 0) is 10.2 Å². The van der Waals surface area contributed by atoms with Crippen LogP contribution in [0, 0.1) is 0 Å². The lowest BCUT2D eigenvalue weighted by Gasteiger charge is -2.31. The first-order chi connectivity index (χ1) is 12.0. The van der Waals surface area contributed by atoms with Crippen molar-refractivity contribution in [3.05, 3.63) is 33.9 Å². The molecule has 0 aliphatic carbocycles. The van der Waals surface area contributed by atoms with E-state index < -0.39 is 23.8 Å². The summed E-state index contributed by atoms with van der Waals surface area (Å²) in [6.07, 6.45) is -2.40. The van der Waals surface area contributed by atoms with Gasteiger partial charge < -0.3 is 9.84 Å². The Morgan fingerprint density at radius 3 is 2.46 bits per heavy atom. The number of halogens is 4. The molecule has 0 fully saturated rings. The number of rotatable bonds is 6. The molecule has 1 heterocycles. The molecule has 0 radical (unpaired) electrons. The number of unbranched alkanes of at least 4 members (excludes halogenated alkanes) is 2. The number of carboxylic acid groups (broad SMARTS) is 1. The summed E-state index contributed by atoms with van der Waals surface area (Å²) in [5.41, 5.74) is -0.256. The van der Waals surface area contributed by atoms with Crippen LogP contribution in [0.1, 0.15) is 57.6 Å². The smallest absolute Gasteiger partial charge is 0.430 e. The molecule has 0 bridgehead atoms. The number of hydrogen-bond donors (Lipinski definition) is 1. The van der Waals surface area contributed by atoms with Crippen molar-refractivity contribution in [1.82, 2.24) is 0 Å².